The summed E-state index contributed by atoms with van der Waals surface area (Å²) >= 11 is 0. The summed E-state index contributed by atoms with van der Waals surface area (Å²) in [7, 11) is 0. The monoisotopic (exact) mass is 196 g/mol. The number of nitrogens with two attached hydrogens (primary N) is 1. The van der Waals surface area contributed by atoms with Gasteiger partial charge in [-0.05, 0) is 44.7 Å². The molecule has 1 heterocycles. The third kappa shape index (κ3) is 2.48. The molecule has 14 heavy (non-hydrogen) atoms. The molecule has 1 unspecified atom stereocenters. The molecule has 0 radical (unpaired) electrons. The fraction of sp³-hybridized carbons (Fsp3) is 1.00. The summed E-state index contributed by atoms with van der Waals surface area (Å²) < 4.78 is 0. The molecule has 2 N–H and O–H groups in total. The van der Waals surface area contributed by atoms with Gasteiger partial charge >= 0.3 is 0 Å². The first-order valence-corrected chi connectivity index (χ1v) is 6.34. The predicted molar refractivity (Wildman–Crippen MR) is 60.2 cm³/mol. The Morgan fingerprint density at radius 3 is 2.50 bits per heavy atom. The number of piperidine rings is 1. The highest BCUT2D eigenvalue weighted by Crippen LogP contribution is 2.26. The Bertz CT molecular complexity index is 164. The van der Waals surface area contributed by atoms with Crippen molar-refractivity contribution in [3.8, 4) is 0 Å². The predicted octanol–water partition coefficient (Wildman–Crippen LogP) is 1.99. The Morgan fingerprint density at radius 2 is 1.79 bits per heavy atom. The van der Waals surface area contributed by atoms with Gasteiger partial charge < -0.3 is 10.6 Å². The topological polar surface area (TPSA) is 29.3 Å². The van der Waals surface area contributed by atoms with Gasteiger partial charge in [-0.2, -0.15) is 0 Å². The van der Waals surface area contributed by atoms with Crippen molar-refractivity contribution < 1.29 is 0 Å². The third-order valence-electron chi connectivity index (χ3n) is 3.97. The van der Waals surface area contributed by atoms with Gasteiger partial charge in [0.05, 0.1) is 0 Å². The molecule has 82 valence electrons. The third-order valence-corrected chi connectivity index (χ3v) is 3.97. The molecule has 2 fully saturated rings. The van der Waals surface area contributed by atoms with Crippen LogP contribution in [0.1, 0.15) is 44.9 Å². The highest BCUT2D eigenvalue weighted by atomic mass is 15.2. The molecule has 1 aliphatic heterocycles. The maximum absolute atomic E-state index is 5.77. The molecule has 2 aliphatic rings. The molecular formula is C12H24N2. The Hall–Kier alpha value is -0.0800. The van der Waals surface area contributed by atoms with Crippen LogP contribution in [-0.2, 0) is 0 Å². The van der Waals surface area contributed by atoms with E-state index in [9.17, 15) is 0 Å². The lowest BCUT2D eigenvalue weighted by Crippen LogP contribution is -2.45. The zero-order valence-electron chi connectivity index (χ0n) is 9.25. The minimum atomic E-state index is 0.783. The van der Waals surface area contributed by atoms with Crippen LogP contribution in [0.15, 0.2) is 0 Å². The van der Waals surface area contributed by atoms with Gasteiger partial charge in [0.25, 0.3) is 0 Å². The standard InChI is InChI=1S/C12H24N2/c13-9-11-5-4-8-14(10-11)12-6-2-1-3-7-12/h11-12H,1-10,13H2. The quantitative estimate of drug-likeness (QED) is 0.732. The number of likely N-dealkylation sites (tertiary alicyclic amines) is 1. The smallest absolute Gasteiger partial charge is 0.00953 e. The molecule has 2 rings (SSSR count). The van der Waals surface area contributed by atoms with Crippen LogP contribution in [0.25, 0.3) is 0 Å². The minimum Gasteiger partial charge on any atom is -0.330 e. The molecule has 2 heteroatoms. The van der Waals surface area contributed by atoms with E-state index in [1.54, 1.807) is 0 Å². The molecule has 0 aromatic heterocycles. The van der Waals surface area contributed by atoms with E-state index in [2.05, 4.69) is 4.90 Å². The van der Waals surface area contributed by atoms with Crippen molar-refractivity contribution in [2.45, 2.75) is 51.0 Å². The number of rotatable bonds is 2. The Labute approximate surface area is 87.8 Å². The molecule has 0 spiro atoms. The fourth-order valence-corrected chi connectivity index (χ4v) is 3.07. The van der Waals surface area contributed by atoms with Gasteiger partial charge in [-0.1, -0.05) is 19.3 Å². The first kappa shape index (κ1) is 10.4. The Morgan fingerprint density at radius 1 is 1.00 bits per heavy atom. The minimum absolute atomic E-state index is 0.783. The van der Waals surface area contributed by atoms with Crippen molar-refractivity contribution in [3.63, 3.8) is 0 Å². The lowest BCUT2D eigenvalue weighted by Gasteiger charge is -2.39. The summed E-state index contributed by atoms with van der Waals surface area (Å²) in [5, 5.41) is 0. The van der Waals surface area contributed by atoms with Gasteiger partial charge in [0.1, 0.15) is 0 Å². The molecule has 0 amide bonds. The van der Waals surface area contributed by atoms with E-state index < -0.39 is 0 Å². The summed E-state index contributed by atoms with van der Waals surface area (Å²) in [6.07, 6.45) is 9.99. The zero-order valence-corrected chi connectivity index (χ0v) is 9.25. The molecule has 0 aromatic carbocycles. The van der Waals surface area contributed by atoms with E-state index in [1.165, 1.54) is 58.0 Å². The van der Waals surface area contributed by atoms with Gasteiger partial charge in [0.15, 0.2) is 0 Å². The lowest BCUT2D eigenvalue weighted by atomic mass is 9.90. The first-order valence-electron chi connectivity index (χ1n) is 6.34. The van der Waals surface area contributed by atoms with Crippen molar-refractivity contribution >= 4 is 0 Å². The van der Waals surface area contributed by atoms with Crippen LogP contribution in [0.3, 0.4) is 0 Å². The molecule has 2 nitrogen and oxygen atoms in total. The highest BCUT2D eigenvalue weighted by Gasteiger charge is 2.25. The van der Waals surface area contributed by atoms with Crippen LogP contribution in [-0.4, -0.2) is 30.6 Å². The van der Waals surface area contributed by atoms with Crippen LogP contribution in [0.2, 0.25) is 0 Å². The molecule has 1 atom stereocenters. The average molecular weight is 196 g/mol. The van der Waals surface area contributed by atoms with Crippen molar-refractivity contribution in [2.24, 2.45) is 11.7 Å². The fourth-order valence-electron chi connectivity index (χ4n) is 3.07. The summed E-state index contributed by atoms with van der Waals surface area (Å²) in [6, 6.07) is 0.901. The van der Waals surface area contributed by atoms with Crippen LogP contribution >= 0.6 is 0 Å². The summed E-state index contributed by atoms with van der Waals surface area (Å²) in [6.45, 7) is 3.51. The van der Waals surface area contributed by atoms with Crippen LogP contribution in [0.4, 0.5) is 0 Å². The number of nitrogens with zero attached hydrogens (tertiary/aromatic N) is 1. The van der Waals surface area contributed by atoms with Crippen molar-refractivity contribution in [3.05, 3.63) is 0 Å². The summed E-state index contributed by atoms with van der Waals surface area (Å²) in [4.78, 5) is 2.72. The second-order valence-corrected chi connectivity index (χ2v) is 5.03. The molecule has 1 saturated heterocycles. The number of hydrogen-bond donors (Lipinski definition) is 1. The van der Waals surface area contributed by atoms with Crippen molar-refractivity contribution in [1.82, 2.24) is 4.90 Å². The van der Waals surface area contributed by atoms with E-state index >= 15 is 0 Å². The lowest BCUT2D eigenvalue weighted by molar-refractivity contribution is 0.101. The van der Waals surface area contributed by atoms with Crippen LogP contribution < -0.4 is 5.73 Å². The molecule has 0 bridgehead atoms. The van der Waals surface area contributed by atoms with Crippen molar-refractivity contribution in [2.75, 3.05) is 19.6 Å². The number of hydrogen-bond acceptors (Lipinski definition) is 2. The van der Waals surface area contributed by atoms with Gasteiger partial charge in [-0.25, -0.2) is 0 Å². The van der Waals surface area contributed by atoms with Crippen LogP contribution in [0, 0.1) is 5.92 Å². The van der Waals surface area contributed by atoms with Crippen LogP contribution in [0.5, 0.6) is 0 Å². The molecular weight excluding hydrogens is 172 g/mol. The maximum Gasteiger partial charge on any atom is 0.00953 e. The van der Waals surface area contributed by atoms with Gasteiger partial charge in [-0.3, -0.25) is 0 Å². The summed E-state index contributed by atoms with van der Waals surface area (Å²) in [5.74, 6) is 0.783. The van der Waals surface area contributed by atoms with Gasteiger partial charge in [0.2, 0.25) is 0 Å². The summed E-state index contributed by atoms with van der Waals surface area (Å²) in [5.41, 5.74) is 5.77. The SMILES string of the molecule is NCC1CCCN(C2CCCCC2)C1. The first-order chi connectivity index (χ1) is 6.90. The largest absolute Gasteiger partial charge is 0.330 e. The average Bonchev–Trinajstić information content (AvgIpc) is 2.30. The normalized spacial score (nSPS) is 31.9. The highest BCUT2D eigenvalue weighted by molar-refractivity contribution is 4.81. The van der Waals surface area contributed by atoms with E-state index in [0.29, 0.717) is 0 Å². The van der Waals surface area contributed by atoms with E-state index in [4.69, 9.17) is 5.73 Å². The van der Waals surface area contributed by atoms with E-state index in [0.717, 1.165) is 18.5 Å². The molecule has 1 saturated carbocycles. The maximum atomic E-state index is 5.77. The van der Waals surface area contributed by atoms with Gasteiger partial charge in [0, 0.05) is 12.6 Å². The molecule has 1 aliphatic carbocycles. The van der Waals surface area contributed by atoms with E-state index in [-0.39, 0.29) is 0 Å². The zero-order chi connectivity index (χ0) is 9.80. The Balaban J connectivity index is 1.83. The van der Waals surface area contributed by atoms with E-state index in [1.807, 2.05) is 0 Å². The second kappa shape index (κ2) is 5.13. The Kier molecular flexibility index (Phi) is 3.82. The van der Waals surface area contributed by atoms with Gasteiger partial charge in [-0.15, -0.1) is 0 Å². The molecule has 0 aromatic rings. The second-order valence-electron chi connectivity index (χ2n) is 5.03. The van der Waals surface area contributed by atoms with Crippen molar-refractivity contribution in [1.29, 1.82) is 0 Å².